The van der Waals surface area contributed by atoms with Crippen LogP contribution in [0, 0.1) is 5.41 Å². The highest BCUT2D eigenvalue weighted by atomic mass is 32.2. The first kappa shape index (κ1) is 15.9. The van der Waals surface area contributed by atoms with Crippen molar-refractivity contribution < 1.29 is 13.5 Å². The summed E-state index contributed by atoms with van der Waals surface area (Å²) >= 11 is 0. The summed E-state index contributed by atoms with van der Waals surface area (Å²) in [6.45, 7) is 2.06. The molecule has 0 bridgehead atoms. The Bertz CT molecular complexity index is 620. The van der Waals surface area contributed by atoms with Crippen molar-refractivity contribution in [2.75, 3.05) is 33.3 Å². The first-order chi connectivity index (χ1) is 10.5. The molecule has 1 N–H and O–H groups in total. The fraction of sp³-hybridized carbons (Fsp3) is 0.625. The van der Waals surface area contributed by atoms with Gasteiger partial charge in [0.1, 0.15) is 0 Å². The number of rotatable bonds is 3. The number of sulfonamides is 1. The first-order valence-corrected chi connectivity index (χ1v) is 9.30. The second-order valence-corrected chi connectivity index (χ2v) is 8.48. The van der Waals surface area contributed by atoms with Crippen molar-refractivity contribution in [2.24, 2.45) is 5.41 Å². The Labute approximate surface area is 132 Å². The predicted octanol–water partition coefficient (Wildman–Crippen LogP) is 1.15. The Balaban J connectivity index is 1.87. The lowest BCUT2D eigenvalue weighted by Gasteiger charge is -2.53. The molecule has 2 aliphatic rings. The third kappa shape index (κ3) is 2.58. The SMILES string of the molecule is CN1CCC[C@]2(CO)CCN(S(=O)(=O)c3ccccc3)C[C@@H]12. The molecule has 22 heavy (non-hydrogen) atoms. The van der Waals surface area contributed by atoms with Gasteiger partial charge in [0, 0.05) is 24.5 Å². The van der Waals surface area contributed by atoms with Crippen LogP contribution in [0.3, 0.4) is 0 Å². The molecule has 1 aromatic rings. The molecule has 2 heterocycles. The number of nitrogens with zero attached hydrogens (tertiary/aromatic N) is 2. The van der Waals surface area contributed by atoms with Crippen LogP contribution in [0.25, 0.3) is 0 Å². The number of hydrogen-bond acceptors (Lipinski definition) is 4. The number of fused-ring (bicyclic) bond motifs is 1. The fourth-order valence-corrected chi connectivity index (χ4v) is 5.42. The normalized spacial score (nSPS) is 30.9. The number of hydrogen-bond donors (Lipinski definition) is 1. The minimum Gasteiger partial charge on any atom is -0.396 e. The second-order valence-electron chi connectivity index (χ2n) is 6.55. The van der Waals surface area contributed by atoms with E-state index in [9.17, 15) is 13.5 Å². The zero-order valence-corrected chi connectivity index (χ0v) is 13.8. The molecule has 3 rings (SSSR count). The predicted molar refractivity (Wildman–Crippen MR) is 85.0 cm³/mol. The van der Waals surface area contributed by atoms with E-state index in [0.29, 0.717) is 18.0 Å². The Hall–Kier alpha value is -0.950. The molecule has 6 heteroatoms. The summed E-state index contributed by atoms with van der Waals surface area (Å²) in [6.07, 6.45) is 2.78. The fourth-order valence-electron chi connectivity index (χ4n) is 3.95. The van der Waals surface area contributed by atoms with Crippen molar-refractivity contribution in [3.63, 3.8) is 0 Å². The van der Waals surface area contributed by atoms with E-state index < -0.39 is 10.0 Å². The number of benzene rings is 1. The highest BCUT2D eigenvalue weighted by Crippen LogP contribution is 2.42. The highest BCUT2D eigenvalue weighted by molar-refractivity contribution is 7.89. The largest absolute Gasteiger partial charge is 0.396 e. The minimum atomic E-state index is -3.45. The molecule has 2 aliphatic heterocycles. The molecule has 5 nitrogen and oxygen atoms in total. The average molecular weight is 324 g/mol. The summed E-state index contributed by atoms with van der Waals surface area (Å²) in [6, 6.07) is 8.71. The van der Waals surface area contributed by atoms with E-state index in [-0.39, 0.29) is 18.1 Å². The Morgan fingerprint density at radius 3 is 2.64 bits per heavy atom. The van der Waals surface area contributed by atoms with Gasteiger partial charge in [0.05, 0.1) is 11.5 Å². The molecule has 0 saturated carbocycles. The third-order valence-electron chi connectivity index (χ3n) is 5.36. The van der Waals surface area contributed by atoms with Gasteiger partial charge in [-0.25, -0.2) is 8.42 Å². The van der Waals surface area contributed by atoms with E-state index in [4.69, 9.17) is 0 Å². The van der Waals surface area contributed by atoms with Gasteiger partial charge in [-0.1, -0.05) is 18.2 Å². The van der Waals surface area contributed by atoms with E-state index in [0.717, 1.165) is 25.8 Å². The Kier molecular flexibility index (Phi) is 4.29. The zero-order chi connectivity index (χ0) is 15.8. The van der Waals surface area contributed by atoms with Gasteiger partial charge in [0.15, 0.2) is 0 Å². The second kappa shape index (κ2) is 5.92. The summed E-state index contributed by atoms with van der Waals surface area (Å²) in [4.78, 5) is 2.57. The van der Waals surface area contributed by atoms with Gasteiger partial charge in [-0.05, 0) is 45.0 Å². The molecular formula is C16H24N2O3S. The Morgan fingerprint density at radius 1 is 1.23 bits per heavy atom. The van der Waals surface area contributed by atoms with E-state index in [2.05, 4.69) is 4.90 Å². The van der Waals surface area contributed by atoms with Crippen LogP contribution in [0.15, 0.2) is 35.2 Å². The van der Waals surface area contributed by atoms with Crippen LogP contribution in [-0.4, -0.2) is 62.1 Å². The molecule has 1 aromatic carbocycles. The van der Waals surface area contributed by atoms with E-state index in [1.54, 1.807) is 28.6 Å². The van der Waals surface area contributed by atoms with Gasteiger partial charge in [0.2, 0.25) is 10.0 Å². The van der Waals surface area contributed by atoms with Crippen molar-refractivity contribution in [3.05, 3.63) is 30.3 Å². The van der Waals surface area contributed by atoms with Crippen molar-refractivity contribution in [1.82, 2.24) is 9.21 Å². The number of likely N-dealkylation sites (N-methyl/N-ethyl adjacent to an activating group) is 1. The van der Waals surface area contributed by atoms with Gasteiger partial charge in [-0.15, -0.1) is 0 Å². The molecule has 0 aliphatic carbocycles. The number of aliphatic hydroxyl groups is 1. The number of piperidine rings is 2. The van der Waals surface area contributed by atoms with Crippen molar-refractivity contribution in [1.29, 1.82) is 0 Å². The molecular weight excluding hydrogens is 300 g/mol. The molecule has 122 valence electrons. The maximum Gasteiger partial charge on any atom is 0.243 e. The smallest absolute Gasteiger partial charge is 0.243 e. The third-order valence-corrected chi connectivity index (χ3v) is 7.24. The average Bonchev–Trinajstić information content (AvgIpc) is 2.55. The van der Waals surface area contributed by atoms with Crippen LogP contribution in [-0.2, 0) is 10.0 Å². The summed E-state index contributed by atoms with van der Waals surface area (Å²) in [7, 11) is -1.41. The zero-order valence-electron chi connectivity index (χ0n) is 13.0. The lowest BCUT2D eigenvalue weighted by molar-refractivity contribution is -0.0508. The first-order valence-electron chi connectivity index (χ1n) is 7.86. The monoisotopic (exact) mass is 324 g/mol. The minimum absolute atomic E-state index is 0.0958. The van der Waals surface area contributed by atoms with Gasteiger partial charge in [0.25, 0.3) is 0 Å². The molecule has 0 amide bonds. The van der Waals surface area contributed by atoms with Crippen LogP contribution < -0.4 is 0 Å². The summed E-state index contributed by atoms with van der Waals surface area (Å²) in [5.41, 5.74) is -0.143. The highest BCUT2D eigenvalue weighted by Gasteiger charge is 2.48. The van der Waals surface area contributed by atoms with E-state index >= 15 is 0 Å². The van der Waals surface area contributed by atoms with Crippen LogP contribution in [0.2, 0.25) is 0 Å². The quantitative estimate of drug-likeness (QED) is 0.906. The molecule has 0 aromatic heterocycles. The molecule has 2 saturated heterocycles. The van der Waals surface area contributed by atoms with Crippen LogP contribution >= 0.6 is 0 Å². The summed E-state index contributed by atoms with van der Waals surface area (Å²) in [5, 5.41) is 9.91. The summed E-state index contributed by atoms with van der Waals surface area (Å²) in [5.74, 6) is 0. The van der Waals surface area contributed by atoms with Gasteiger partial charge < -0.3 is 10.0 Å². The lowest BCUT2D eigenvalue weighted by Crippen LogP contribution is -2.62. The van der Waals surface area contributed by atoms with Crippen molar-refractivity contribution in [3.8, 4) is 0 Å². The van der Waals surface area contributed by atoms with Gasteiger partial charge >= 0.3 is 0 Å². The molecule has 2 atom stereocenters. The molecule has 0 unspecified atom stereocenters. The molecule has 2 fully saturated rings. The Morgan fingerprint density at radius 2 is 1.95 bits per heavy atom. The topological polar surface area (TPSA) is 60.9 Å². The van der Waals surface area contributed by atoms with Crippen molar-refractivity contribution >= 4 is 10.0 Å². The van der Waals surface area contributed by atoms with Crippen LogP contribution in [0.4, 0.5) is 0 Å². The van der Waals surface area contributed by atoms with Crippen molar-refractivity contribution in [2.45, 2.75) is 30.2 Å². The number of aliphatic hydroxyl groups excluding tert-OH is 1. The molecule has 0 radical (unpaired) electrons. The van der Waals surface area contributed by atoms with Crippen LogP contribution in [0.5, 0.6) is 0 Å². The number of likely N-dealkylation sites (tertiary alicyclic amines) is 1. The summed E-state index contributed by atoms with van der Waals surface area (Å²) < 4.78 is 27.2. The molecule has 0 spiro atoms. The van der Waals surface area contributed by atoms with E-state index in [1.807, 2.05) is 13.1 Å². The maximum absolute atomic E-state index is 12.8. The van der Waals surface area contributed by atoms with Gasteiger partial charge in [-0.2, -0.15) is 4.31 Å². The lowest BCUT2D eigenvalue weighted by atomic mass is 9.69. The van der Waals surface area contributed by atoms with Crippen LogP contribution in [0.1, 0.15) is 19.3 Å². The standard InChI is InChI=1S/C16H24N2O3S/c1-17-10-5-8-16(13-19)9-11-18(12-15(16)17)22(20,21)14-6-3-2-4-7-14/h2-4,6-7,15,19H,5,8-13H2,1H3/t15-,16-/m1/s1. The van der Waals surface area contributed by atoms with Gasteiger partial charge in [-0.3, -0.25) is 0 Å². The van der Waals surface area contributed by atoms with E-state index in [1.165, 1.54) is 0 Å². The maximum atomic E-state index is 12.8.